The number of amides is 1. The van der Waals surface area contributed by atoms with Gasteiger partial charge in [-0.3, -0.25) is 14.9 Å². The highest BCUT2D eigenvalue weighted by atomic mass is 16.6. The number of rotatable bonds is 5. The smallest absolute Gasteiger partial charge is 0.267 e. The lowest BCUT2D eigenvalue weighted by Crippen LogP contribution is -2.19. The van der Waals surface area contributed by atoms with Crippen LogP contribution in [0.15, 0.2) is 23.3 Å². The first-order chi connectivity index (χ1) is 8.95. The highest BCUT2D eigenvalue weighted by molar-refractivity contribution is 5.95. The van der Waals surface area contributed by atoms with Crippen molar-refractivity contribution in [2.75, 3.05) is 0 Å². The molecule has 0 spiro atoms. The van der Waals surface area contributed by atoms with Crippen molar-refractivity contribution < 1.29 is 9.72 Å². The number of nitrogens with zero attached hydrogens (tertiary/aromatic N) is 2. The summed E-state index contributed by atoms with van der Waals surface area (Å²) in [4.78, 5) is 22.1. The summed E-state index contributed by atoms with van der Waals surface area (Å²) in [6, 6.07) is 4.35. The highest BCUT2D eigenvalue weighted by Gasteiger charge is 2.14. The maximum absolute atomic E-state index is 11.8. The minimum absolute atomic E-state index is 0.0677. The number of carbonyl (C=O) groups is 1. The van der Waals surface area contributed by atoms with Crippen LogP contribution in [0, 0.1) is 17.0 Å². The zero-order valence-electron chi connectivity index (χ0n) is 11.3. The van der Waals surface area contributed by atoms with E-state index in [1.807, 2.05) is 13.8 Å². The average Bonchev–Trinajstić information content (AvgIpc) is 2.36. The first-order valence-electron chi connectivity index (χ1n) is 6.04. The van der Waals surface area contributed by atoms with Gasteiger partial charge in [0.25, 0.3) is 11.6 Å². The largest absolute Gasteiger partial charge is 0.273 e. The summed E-state index contributed by atoms with van der Waals surface area (Å²) in [6.45, 7) is 5.47. The van der Waals surface area contributed by atoms with Crippen LogP contribution in [0.4, 0.5) is 5.69 Å². The summed E-state index contributed by atoms with van der Waals surface area (Å²) in [6.07, 6.45) is 1.75. The molecular weight excluding hydrogens is 246 g/mol. The van der Waals surface area contributed by atoms with Crippen LogP contribution >= 0.6 is 0 Å². The van der Waals surface area contributed by atoms with Gasteiger partial charge in [0.2, 0.25) is 0 Å². The fourth-order valence-corrected chi connectivity index (χ4v) is 1.58. The Morgan fingerprint density at radius 1 is 1.47 bits per heavy atom. The third-order valence-corrected chi connectivity index (χ3v) is 2.63. The van der Waals surface area contributed by atoms with E-state index in [4.69, 9.17) is 0 Å². The quantitative estimate of drug-likeness (QED) is 0.503. The van der Waals surface area contributed by atoms with E-state index >= 15 is 0 Å². The molecule has 6 nitrogen and oxygen atoms in total. The number of carbonyl (C=O) groups excluding carboxylic acids is 1. The molecule has 0 unspecified atom stereocenters. The Labute approximate surface area is 111 Å². The van der Waals surface area contributed by atoms with Gasteiger partial charge in [-0.2, -0.15) is 5.10 Å². The molecule has 6 heteroatoms. The first kappa shape index (κ1) is 14.8. The standard InChI is InChI=1S/C13H17N3O3/c1-4-5-10(3)14-15-13(17)11-7-6-9(2)12(8-11)16(18)19/h6-8H,4-5H2,1-3H3,(H,15,17)/b14-10+. The number of nitrogens with one attached hydrogen (secondary N) is 1. The fourth-order valence-electron chi connectivity index (χ4n) is 1.58. The molecule has 0 bridgehead atoms. The Morgan fingerprint density at radius 3 is 2.74 bits per heavy atom. The molecule has 1 aromatic rings. The maximum atomic E-state index is 11.8. The van der Waals surface area contributed by atoms with Crippen molar-refractivity contribution in [3.63, 3.8) is 0 Å². The summed E-state index contributed by atoms with van der Waals surface area (Å²) in [5.74, 6) is -0.446. The second kappa shape index (κ2) is 6.63. The van der Waals surface area contributed by atoms with Crippen LogP contribution in [-0.4, -0.2) is 16.5 Å². The van der Waals surface area contributed by atoms with E-state index in [1.54, 1.807) is 19.1 Å². The number of nitro benzene ring substituents is 1. The van der Waals surface area contributed by atoms with E-state index in [9.17, 15) is 14.9 Å². The van der Waals surface area contributed by atoms with Gasteiger partial charge < -0.3 is 0 Å². The monoisotopic (exact) mass is 263 g/mol. The number of nitro groups is 1. The van der Waals surface area contributed by atoms with Crippen LogP contribution in [0.5, 0.6) is 0 Å². The summed E-state index contributed by atoms with van der Waals surface area (Å²) in [7, 11) is 0. The van der Waals surface area contributed by atoms with Crippen molar-refractivity contribution in [2.45, 2.75) is 33.6 Å². The Bertz CT molecular complexity index is 524. The van der Waals surface area contributed by atoms with E-state index < -0.39 is 10.8 Å². The molecule has 102 valence electrons. The molecule has 0 aromatic heterocycles. The van der Waals surface area contributed by atoms with Gasteiger partial charge in [0.1, 0.15) is 0 Å². The van der Waals surface area contributed by atoms with E-state index in [0.29, 0.717) is 5.56 Å². The molecule has 0 saturated heterocycles. The van der Waals surface area contributed by atoms with Gasteiger partial charge in [-0.1, -0.05) is 19.4 Å². The van der Waals surface area contributed by atoms with Gasteiger partial charge in [0, 0.05) is 22.9 Å². The van der Waals surface area contributed by atoms with Crippen LogP contribution in [0.3, 0.4) is 0 Å². The summed E-state index contributed by atoms with van der Waals surface area (Å²) < 4.78 is 0. The Balaban J connectivity index is 2.86. The zero-order valence-corrected chi connectivity index (χ0v) is 11.3. The fraction of sp³-hybridized carbons (Fsp3) is 0.385. The number of benzene rings is 1. The summed E-state index contributed by atoms with van der Waals surface area (Å²) in [5, 5.41) is 14.7. The van der Waals surface area contributed by atoms with Crippen LogP contribution in [-0.2, 0) is 0 Å². The molecular formula is C13H17N3O3. The predicted octanol–water partition coefficient (Wildman–Crippen LogP) is 2.81. The molecule has 0 aliphatic rings. The SMILES string of the molecule is CCC/C(C)=N/NC(=O)c1ccc(C)c([N+](=O)[O-])c1. The molecule has 1 N–H and O–H groups in total. The van der Waals surface area contributed by atoms with E-state index in [0.717, 1.165) is 18.6 Å². The number of hydrogen-bond acceptors (Lipinski definition) is 4. The molecule has 1 amide bonds. The molecule has 1 rings (SSSR count). The van der Waals surface area contributed by atoms with Crippen molar-refractivity contribution in [2.24, 2.45) is 5.10 Å². The third kappa shape index (κ3) is 4.17. The third-order valence-electron chi connectivity index (χ3n) is 2.63. The van der Waals surface area contributed by atoms with Crippen LogP contribution < -0.4 is 5.43 Å². The second-order valence-corrected chi connectivity index (χ2v) is 4.30. The Kier molecular flexibility index (Phi) is 5.17. The van der Waals surface area contributed by atoms with Crippen molar-refractivity contribution in [1.82, 2.24) is 5.43 Å². The van der Waals surface area contributed by atoms with Gasteiger partial charge in [-0.15, -0.1) is 0 Å². The highest BCUT2D eigenvalue weighted by Crippen LogP contribution is 2.19. The molecule has 0 atom stereocenters. The summed E-state index contributed by atoms with van der Waals surface area (Å²) in [5.41, 5.74) is 3.89. The summed E-state index contributed by atoms with van der Waals surface area (Å²) >= 11 is 0. The topological polar surface area (TPSA) is 84.6 Å². The van der Waals surface area contributed by atoms with Crippen LogP contribution in [0.2, 0.25) is 0 Å². The molecule has 19 heavy (non-hydrogen) atoms. The van der Waals surface area contributed by atoms with Gasteiger partial charge >= 0.3 is 0 Å². The van der Waals surface area contributed by atoms with E-state index in [1.165, 1.54) is 6.07 Å². The number of hydrogen-bond donors (Lipinski definition) is 1. The second-order valence-electron chi connectivity index (χ2n) is 4.30. The molecule has 0 aliphatic heterocycles. The maximum Gasteiger partial charge on any atom is 0.273 e. The lowest BCUT2D eigenvalue weighted by Gasteiger charge is -2.03. The minimum Gasteiger partial charge on any atom is -0.267 e. The molecule has 1 aromatic carbocycles. The molecule has 0 fully saturated rings. The molecule has 0 aliphatic carbocycles. The van der Waals surface area contributed by atoms with Crippen molar-refractivity contribution in [3.05, 3.63) is 39.4 Å². The molecule has 0 heterocycles. The van der Waals surface area contributed by atoms with Gasteiger partial charge in [-0.25, -0.2) is 5.43 Å². The van der Waals surface area contributed by atoms with Gasteiger partial charge in [-0.05, 0) is 26.3 Å². The predicted molar refractivity (Wildman–Crippen MR) is 73.3 cm³/mol. The van der Waals surface area contributed by atoms with Crippen molar-refractivity contribution in [1.29, 1.82) is 0 Å². The van der Waals surface area contributed by atoms with E-state index in [-0.39, 0.29) is 11.3 Å². The molecule has 0 radical (unpaired) electrons. The van der Waals surface area contributed by atoms with Crippen molar-refractivity contribution in [3.8, 4) is 0 Å². The number of hydrazone groups is 1. The first-order valence-corrected chi connectivity index (χ1v) is 6.04. The van der Waals surface area contributed by atoms with Crippen molar-refractivity contribution >= 4 is 17.3 Å². The van der Waals surface area contributed by atoms with Gasteiger partial charge in [0.15, 0.2) is 0 Å². The van der Waals surface area contributed by atoms with E-state index in [2.05, 4.69) is 10.5 Å². The Morgan fingerprint density at radius 2 is 2.16 bits per heavy atom. The minimum atomic E-state index is -0.502. The zero-order chi connectivity index (χ0) is 14.4. The normalized spacial score (nSPS) is 11.2. The number of aryl methyl sites for hydroxylation is 1. The lowest BCUT2D eigenvalue weighted by molar-refractivity contribution is -0.385. The Hall–Kier alpha value is -2.24. The van der Waals surface area contributed by atoms with Gasteiger partial charge in [0.05, 0.1) is 4.92 Å². The van der Waals surface area contributed by atoms with Crippen LogP contribution in [0.25, 0.3) is 0 Å². The average molecular weight is 263 g/mol. The van der Waals surface area contributed by atoms with Crippen LogP contribution in [0.1, 0.15) is 42.6 Å². The lowest BCUT2D eigenvalue weighted by atomic mass is 10.1. The molecule has 0 saturated carbocycles.